The van der Waals surface area contributed by atoms with E-state index >= 15 is 0 Å². The lowest BCUT2D eigenvalue weighted by molar-refractivity contribution is -0.128. The second-order valence-electron chi connectivity index (χ2n) is 10.5. The van der Waals surface area contributed by atoms with E-state index in [9.17, 15) is 9.59 Å². The number of carbonyl (C=O) groups is 2. The van der Waals surface area contributed by atoms with Gasteiger partial charge in [-0.1, -0.05) is 43.5 Å². The molecule has 0 unspecified atom stereocenters. The molecule has 0 saturated heterocycles. The van der Waals surface area contributed by atoms with Gasteiger partial charge in [-0.2, -0.15) is 0 Å². The second-order valence-corrected chi connectivity index (χ2v) is 10.5. The highest BCUT2D eigenvalue weighted by Crippen LogP contribution is 2.33. The number of nitrogen functional groups attached to an aromatic ring is 2. The molecule has 4 rings (SSSR count). The average Bonchev–Trinajstić information content (AvgIpc) is 2.98. The van der Waals surface area contributed by atoms with Crippen molar-refractivity contribution in [2.24, 2.45) is 0 Å². The predicted octanol–water partition coefficient (Wildman–Crippen LogP) is 7.31. The normalized spacial score (nSPS) is 13.7. The Morgan fingerprint density at radius 2 is 1.39 bits per heavy atom. The Bertz CT molecular complexity index is 1280. The Morgan fingerprint density at radius 1 is 0.756 bits per heavy atom. The summed E-state index contributed by atoms with van der Waals surface area (Å²) in [6.07, 6.45) is 13.2. The van der Waals surface area contributed by atoms with Crippen molar-refractivity contribution in [1.82, 2.24) is 0 Å². The van der Waals surface area contributed by atoms with Gasteiger partial charge in [-0.15, -0.1) is 0 Å². The quantitative estimate of drug-likeness (QED) is 0.0746. The largest absolute Gasteiger partial charge is 0.494 e. The fourth-order valence-corrected chi connectivity index (χ4v) is 5.02. The average molecular weight is 557 g/mol. The summed E-state index contributed by atoms with van der Waals surface area (Å²) in [5.41, 5.74) is 14.9. The molecular weight excluding hydrogens is 516 g/mol. The molecule has 0 amide bonds. The van der Waals surface area contributed by atoms with E-state index in [1.807, 2.05) is 36.4 Å². The van der Waals surface area contributed by atoms with Crippen molar-refractivity contribution in [2.45, 2.75) is 63.7 Å². The van der Waals surface area contributed by atoms with Crippen LogP contribution in [0.2, 0.25) is 0 Å². The highest BCUT2D eigenvalue weighted by atomic mass is 16.5. The minimum atomic E-state index is -0.415. The number of rotatable bonds is 13. The zero-order chi connectivity index (χ0) is 28.9. The lowest BCUT2D eigenvalue weighted by Crippen LogP contribution is -2.08. The summed E-state index contributed by atoms with van der Waals surface area (Å²) in [6, 6.07) is 20.2. The molecule has 1 fully saturated rings. The van der Waals surface area contributed by atoms with Crippen molar-refractivity contribution in [3.8, 4) is 11.5 Å². The van der Waals surface area contributed by atoms with E-state index in [4.69, 9.17) is 25.7 Å². The summed E-state index contributed by atoms with van der Waals surface area (Å²) in [5.74, 6) is 1.15. The minimum absolute atomic E-state index is 0.351. The fourth-order valence-electron chi connectivity index (χ4n) is 5.02. The SMILES string of the molecule is Nc1cc(N)cc(C(=O)OCCCCCCOc2ccc(/C=C/C(=O)Oc3ccc(C4CCCCC4)cc3)cc2)c1. The smallest absolute Gasteiger partial charge is 0.338 e. The molecule has 3 aromatic rings. The molecule has 216 valence electrons. The number of hydrogen-bond acceptors (Lipinski definition) is 7. The zero-order valence-corrected chi connectivity index (χ0v) is 23.6. The molecule has 4 N–H and O–H groups in total. The molecule has 1 aliphatic rings. The molecule has 7 nitrogen and oxygen atoms in total. The van der Waals surface area contributed by atoms with Crippen molar-refractivity contribution in [2.75, 3.05) is 24.7 Å². The van der Waals surface area contributed by atoms with Crippen LogP contribution in [-0.4, -0.2) is 25.2 Å². The third-order valence-corrected chi connectivity index (χ3v) is 7.22. The van der Waals surface area contributed by atoms with Crippen molar-refractivity contribution in [3.63, 3.8) is 0 Å². The lowest BCUT2D eigenvalue weighted by Gasteiger charge is -2.21. The number of ether oxygens (including phenoxy) is 3. The van der Waals surface area contributed by atoms with Gasteiger partial charge in [0.15, 0.2) is 0 Å². The Kier molecular flexibility index (Phi) is 11.2. The number of unbranched alkanes of at least 4 members (excludes halogenated alkanes) is 3. The second kappa shape index (κ2) is 15.5. The maximum absolute atomic E-state index is 12.3. The summed E-state index contributed by atoms with van der Waals surface area (Å²) in [5, 5.41) is 0. The van der Waals surface area contributed by atoms with Crippen LogP contribution in [0.4, 0.5) is 11.4 Å². The first-order chi connectivity index (χ1) is 20.0. The first-order valence-corrected chi connectivity index (χ1v) is 14.5. The number of benzene rings is 3. The molecule has 0 atom stereocenters. The molecule has 1 aliphatic carbocycles. The van der Waals surface area contributed by atoms with Crippen LogP contribution in [0.25, 0.3) is 6.08 Å². The van der Waals surface area contributed by atoms with Gasteiger partial charge in [0, 0.05) is 17.5 Å². The third-order valence-electron chi connectivity index (χ3n) is 7.22. The molecule has 41 heavy (non-hydrogen) atoms. The highest BCUT2D eigenvalue weighted by molar-refractivity contribution is 5.91. The summed E-state index contributed by atoms with van der Waals surface area (Å²) >= 11 is 0. The van der Waals surface area contributed by atoms with Crippen molar-refractivity contribution < 1.29 is 23.8 Å². The molecule has 3 aromatic carbocycles. The van der Waals surface area contributed by atoms with E-state index in [0.29, 0.717) is 41.8 Å². The topological polar surface area (TPSA) is 114 Å². The van der Waals surface area contributed by atoms with Crippen molar-refractivity contribution >= 4 is 29.4 Å². The molecule has 0 aromatic heterocycles. The fraction of sp³-hybridized carbons (Fsp3) is 0.353. The number of anilines is 2. The summed E-state index contributed by atoms with van der Waals surface area (Å²) < 4.78 is 16.6. The molecule has 0 radical (unpaired) electrons. The van der Waals surface area contributed by atoms with Gasteiger partial charge in [-0.05, 0) is 104 Å². The van der Waals surface area contributed by atoms with E-state index in [1.54, 1.807) is 24.3 Å². The third kappa shape index (κ3) is 10.0. The van der Waals surface area contributed by atoms with E-state index < -0.39 is 11.9 Å². The molecule has 0 aliphatic heterocycles. The van der Waals surface area contributed by atoms with Crippen molar-refractivity contribution in [3.05, 3.63) is 89.5 Å². The number of carbonyl (C=O) groups excluding carboxylic acids is 2. The molecular formula is C34H40N2O5. The first kappa shape index (κ1) is 29.7. The summed E-state index contributed by atoms with van der Waals surface area (Å²) in [6.45, 7) is 0.951. The van der Waals surface area contributed by atoms with E-state index in [-0.39, 0.29) is 0 Å². The van der Waals surface area contributed by atoms with Crippen LogP contribution in [0.3, 0.4) is 0 Å². The number of hydrogen-bond donors (Lipinski definition) is 2. The zero-order valence-electron chi connectivity index (χ0n) is 23.6. The molecule has 0 heterocycles. The molecule has 0 bridgehead atoms. The Hall–Kier alpha value is -4.26. The monoisotopic (exact) mass is 556 g/mol. The van der Waals surface area contributed by atoms with Crippen LogP contribution < -0.4 is 20.9 Å². The summed E-state index contributed by atoms with van der Waals surface area (Å²) in [7, 11) is 0. The molecule has 7 heteroatoms. The number of esters is 2. The maximum Gasteiger partial charge on any atom is 0.338 e. The van der Waals surface area contributed by atoms with Crippen LogP contribution in [0.1, 0.15) is 85.2 Å². The van der Waals surface area contributed by atoms with Crippen LogP contribution in [0.5, 0.6) is 11.5 Å². The lowest BCUT2D eigenvalue weighted by atomic mass is 9.84. The van der Waals surface area contributed by atoms with Crippen LogP contribution in [-0.2, 0) is 9.53 Å². The van der Waals surface area contributed by atoms with Crippen LogP contribution >= 0.6 is 0 Å². The predicted molar refractivity (Wildman–Crippen MR) is 163 cm³/mol. The highest BCUT2D eigenvalue weighted by Gasteiger charge is 2.15. The Labute approximate surface area is 242 Å². The van der Waals surface area contributed by atoms with Gasteiger partial charge in [-0.3, -0.25) is 0 Å². The van der Waals surface area contributed by atoms with Gasteiger partial charge in [-0.25, -0.2) is 9.59 Å². The van der Waals surface area contributed by atoms with E-state index in [1.165, 1.54) is 43.7 Å². The minimum Gasteiger partial charge on any atom is -0.494 e. The maximum atomic E-state index is 12.3. The summed E-state index contributed by atoms with van der Waals surface area (Å²) in [4.78, 5) is 24.4. The van der Waals surface area contributed by atoms with Gasteiger partial charge in [0.05, 0.1) is 18.8 Å². The van der Waals surface area contributed by atoms with Gasteiger partial charge in [0.25, 0.3) is 0 Å². The van der Waals surface area contributed by atoms with Gasteiger partial charge < -0.3 is 25.7 Å². The molecule has 0 spiro atoms. The Balaban J connectivity index is 1.08. The van der Waals surface area contributed by atoms with Gasteiger partial charge in [0.2, 0.25) is 0 Å². The van der Waals surface area contributed by atoms with E-state index in [0.717, 1.165) is 37.0 Å². The standard InChI is InChI=1S/C34H40N2O5/c35-29-22-28(23-30(36)24-29)34(38)40-21-7-2-1-6-20-39-31-15-10-25(11-16-31)12-19-33(37)41-32-17-13-27(14-18-32)26-8-4-3-5-9-26/h10-19,22-24,26H,1-9,20-21,35-36H2/b19-12+. The van der Waals surface area contributed by atoms with Crippen LogP contribution in [0, 0.1) is 0 Å². The first-order valence-electron chi connectivity index (χ1n) is 14.5. The van der Waals surface area contributed by atoms with Crippen molar-refractivity contribution in [1.29, 1.82) is 0 Å². The Morgan fingerprint density at radius 3 is 2.07 bits per heavy atom. The van der Waals surface area contributed by atoms with Gasteiger partial charge >= 0.3 is 11.9 Å². The van der Waals surface area contributed by atoms with E-state index in [2.05, 4.69) is 12.1 Å². The number of nitrogens with two attached hydrogens (primary N) is 2. The molecule has 1 saturated carbocycles. The van der Waals surface area contributed by atoms with Gasteiger partial charge in [0.1, 0.15) is 11.5 Å². The van der Waals surface area contributed by atoms with Crippen LogP contribution in [0.15, 0.2) is 72.8 Å².